The highest BCUT2D eigenvalue weighted by atomic mass is 35.5. The van der Waals surface area contributed by atoms with Crippen LogP contribution in [0.4, 0.5) is 5.69 Å². The minimum absolute atomic E-state index is 0.0873. The van der Waals surface area contributed by atoms with E-state index in [2.05, 4.69) is 13.8 Å². The third-order valence-corrected chi connectivity index (χ3v) is 2.97. The van der Waals surface area contributed by atoms with Crippen LogP contribution in [0.5, 0.6) is 0 Å². The Kier molecular flexibility index (Phi) is 6.12. The van der Waals surface area contributed by atoms with Crippen molar-refractivity contribution in [3.05, 3.63) is 28.8 Å². The Morgan fingerprint density at radius 2 is 2.16 bits per heavy atom. The van der Waals surface area contributed by atoms with E-state index in [1.807, 2.05) is 0 Å². The smallest absolute Gasteiger partial charge is 0.255 e. The zero-order chi connectivity index (χ0) is 14.4. The standard InChI is InChI=1S/C14H21ClN2O2/c1-10(2)9-17(6-7-19-3)14(18)12-5-4-11(16)8-13(12)15/h4-5,8,10H,6-7,9,16H2,1-3H3. The van der Waals surface area contributed by atoms with Crippen molar-refractivity contribution in [2.24, 2.45) is 5.92 Å². The second kappa shape index (κ2) is 7.36. The Morgan fingerprint density at radius 3 is 2.68 bits per heavy atom. The predicted octanol–water partition coefficient (Wildman–Crippen LogP) is 2.67. The molecule has 0 saturated carbocycles. The number of ether oxygens (including phenoxy) is 1. The SMILES string of the molecule is COCCN(CC(C)C)C(=O)c1ccc(N)cc1Cl. The van der Waals surface area contributed by atoms with Gasteiger partial charge in [-0.05, 0) is 24.1 Å². The van der Waals surface area contributed by atoms with Gasteiger partial charge in [-0.15, -0.1) is 0 Å². The summed E-state index contributed by atoms with van der Waals surface area (Å²) >= 11 is 6.08. The largest absolute Gasteiger partial charge is 0.399 e. The fourth-order valence-corrected chi connectivity index (χ4v) is 2.06. The Bertz CT molecular complexity index is 435. The molecular formula is C14H21ClN2O2. The summed E-state index contributed by atoms with van der Waals surface area (Å²) in [6.07, 6.45) is 0. The number of nitrogens with zero attached hydrogens (tertiary/aromatic N) is 1. The Labute approximate surface area is 119 Å². The lowest BCUT2D eigenvalue weighted by Crippen LogP contribution is -2.36. The van der Waals surface area contributed by atoms with Gasteiger partial charge < -0.3 is 15.4 Å². The molecule has 0 atom stereocenters. The second-order valence-electron chi connectivity index (χ2n) is 4.88. The van der Waals surface area contributed by atoms with Crippen LogP contribution in [0.25, 0.3) is 0 Å². The van der Waals surface area contributed by atoms with E-state index in [1.165, 1.54) is 0 Å². The number of amides is 1. The molecule has 0 bridgehead atoms. The van der Waals surface area contributed by atoms with Gasteiger partial charge in [0, 0.05) is 25.9 Å². The first kappa shape index (κ1) is 15.8. The summed E-state index contributed by atoms with van der Waals surface area (Å²) in [6, 6.07) is 4.95. The van der Waals surface area contributed by atoms with E-state index in [0.29, 0.717) is 41.9 Å². The number of methoxy groups -OCH3 is 1. The maximum atomic E-state index is 12.5. The molecule has 2 N–H and O–H groups in total. The van der Waals surface area contributed by atoms with Gasteiger partial charge in [0.05, 0.1) is 17.2 Å². The quantitative estimate of drug-likeness (QED) is 0.817. The van der Waals surface area contributed by atoms with Gasteiger partial charge in [0.1, 0.15) is 0 Å². The molecule has 0 radical (unpaired) electrons. The van der Waals surface area contributed by atoms with Gasteiger partial charge in [-0.25, -0.2) is 0 Å². The number of hydrogen-bond donors (Lipinski definition) is 1. The van der Waals surface area contributed by atoms with Gasteiger partial charge in [0.25, 0.3) is 5.91 Å². The topological polar surface area (TPSA) is 55.6 Å². The van der Waals surface area contributed by atoms with E-state index in [0.717, 1.165) is 0 Å². The summed E-state index contributed by atoms with van der Waals surface area (Å²) in [4.78, 5) is 14.2. The number of nitrogens with two attached hydrogens (primary N) is 1. The van der Waals surface area contributed by atoms with Gasteiger partial charge in [0.15, 0.2) is 0 Å². The molecule has 0 aliphatic carbocycles. The number of anilines is 1. The van der Waals surface area contributed by atoms with Crippen LogP contribution in [0.3, 0.4) is 0 Å². The van der Waals surface area contributed by atoms with E-state index in [-0.39, 0.29) is 5.91 Å². The molecule has 0 aliphatic rings. The van der Waals surface area contributed by atoms with Crippen LogP contribution in [-0.2, 0) is 4.74 Å². The Balaban J connectivity index is 2.90. The molecule has 0 fully saturated rings. The highest BCUT2D eigenvalue weighted by Crippen LogP contribution is 2.21. The average molecular weight is 285 g/mol. The van der Waals surface area contributed by atoms with Crippen LogP contribution in [0, 0.1) is 5.92 Å². The monoisotopic (exact) mass is 284 g/mol. The van der Waals surface area contributed by atoms with Crippen LogP contribution >= 0.6 is 11.6 Å². The molecule has 0 aliphatic heterocycles. The first-order chi connectivity index (χ1) is 8.95. The van der Waals surface area contributed by atoms with Crippen LogP contribution in [0.1, 0.15) is 24.2 Å². The molecule has 1 aromatic rings. The number of nitrogen functional groups attached to an aromatic ring is 1. The third kappa shape index (κ3) is 4.73. The van der Waals surface area contributed by atoms with Crippen LogP contribution < -0.4 is 5.73 Å². The van der Waals surface area contributed by atoms with Crippen molar-refractivity contribution in [1.82, 2.24) is 4.90 Å². The van der Waals surface area contributed by atoms with Gasteiger partial charge in [-0.3, -0.25) is 4.79 Å². The summed E-state index contributed by atoms with van der Waals surface area (Å²) in [5.74, 6) is 0.295. The van der Waals surface area contributed by atoms with E-state index in [4.69, 9.17) is 22.1 Å². The molecular weight excluding hydrogens is 264 g/mol. The summed E-state index contributed by atoms with van der Waals surface area (Å²) < 4.78 is 5.04. The van der Waals surface area contributed by atoms with E-state index < -0.39 is 0 Å². The Hall–Kier alpha value is -1.26. The van der Waals surface area contributed by atoms with E-state index in [9.17, 15) is 4.79 Å². The number of benzene rings is 1. The molecule has 1 amide bonds. The third-order valence-electron chi connectivity index (χ3n) is 2.66. The number of carbonyl (C=O) groups excluding carboxylic acids is 1. The van der Waals surface area contributed by atoms with Crippen molar-refractivity contribution in [3.8, 4) is 0 Å². The van der Waals surface area contributed by atoms with Gasteiger partial charge in [0.2, 0.25) is 0 Å². The van der Waals surface area contributed by atoms with Crippen LogP contribution in [0.15, 0.2) is 18.2 Å². The van der Waals surface area contributed by atoms with Crippen molar-refractivity contribution >= 4 is 23.2 Å². The van der Waals surface area contributed by atoms with Crippen molar-refractivity contribution in [2.45, 2.75) is 13.8 Å². The van der Waals surface area contributed by atoms with E-state index >= 15 is 0 Å². The molecule has 5 heteroatoms. The van der Waals surface area contributed by atoms with Crippen LogP contribution in [-0.4, -0.2) is 37.6 Å². The van der Waals surface area contributed by atoms with Crippen molar-refractivity contribution in [3.63, 3.8) is 0 Å². The molecule has 0 aromatic heterocycles. The number of halogens is 1. The summed E-state index contributed by atoms with van der Waals surface area (Å²) in [5, 5.41) is 0.385. The molecule has 19 heavy (non-hydrogen) atoms. The fraction of sp³-hybridized carbons (Fsp3) is 0.500. The maximum absolute atomic E-state index is 12.5. The normalized spacial score (nSPS) is 10.8. The predicted molar refractivity (Wildman–Crippen MR) is 78.5 cm³/mol. The number of rotatable bonds is 6. The lowest BCUT2D eigenvalue weighted by Gasteiger charge is -2.24. The van der Waals surface area contributed by atoms with Crippen molar-refractivity contribution in [2.75, 3.05) is 32.5 Å². The zero-order valence-electron chi connectivity index (χ0n) is 11.6. The van der Waals surface area contributed by atoms with Crippen LogP contribution in [0.2, 0.25) is 5.02 Å². The Morgan fingerprint density at radius 1 is 1.47 bits per heavy atom. The second-order valence-corrected chi connectivity index (χ2v) is 5.28. The van der Waals surface area contributed by atoms with Gasteiger partial charge in [-0.2, -0.15) is 0 Å². The summed E-state index contributed by atoms with van der Waals surface area (Å²) in [7, 11) is 1.62. The van der Waals surface area contributed by atoms with Gasteiger partial charge >= 0.3 is 0 Å². The number of carbonyl (C=O) groups is 1. The minimum atomic E-state index is -0.0873. The first-order valence-electron chi connectivity index (χ1n) is 6.29. The average Bonchev–Trinajstić information content (AvgIpc) is 2.33. The molecule has 0 spiro atoms. The summed E-state index contributed by atoms with van der Waals surface area (Å²) in [5.41, 5.74) is 6.66. The van der Waals surface area contributed by atoms with E-state index in [1.54, 1.807) is 30.2 Å². The van der Waals surface area contributed by atoms with Crippen molar-refractivity contribution < 1.29 is 9.53 Å². The lowest BCUT2D eigenvalue weighted by atomic mass is 10.1. The fourth-order valence-electron chi connectivity index (χ4n) is 1.79. The highest BCUT2D eigenvalue weighted by Gasteiger charge is 2.19. The summed E-state index contributed by atoms with van der Waals surface area (Å²) in [6.45, 7) is 5.86. The lowest BCUT2D eigenvalue weighted by molar-refractivity contribution is 0.0672. The molecule has 0 unspecified atom stereocenters. The molecule has 0 heterocycles. The first-order valence-corrected chi connectivity index (χ1v) is 6.66. The van der Waals surface area contributed by atoms with Gasteiger partial charge in [-0.1, -0.05) is 25.4 Å². The molecule has 1 aromatic carbocycles. The molecule has 0 saturated heterocycles. The number of hydrogen-bond acceptors (Lipinski definition) is 3. The molecule has 1 rings (SSSR count). The minimum Gasteiger partial charge on any atom is -0.399 e. The highest BCUT2D eigenvalue weighted by molar-refractivity contribution is 6.34. The zero-order valence-corrected chi connectivity index (χ0v) is 12.4. The molecule has 4 nitrogen and oxygen atoms in total. The molecule has 106 valence electrons. The van der Waals surface area contributed by atoms with Crippen molar-refractivity contribution in [1.29, 1.82) is 0 Å². The maximum Gasteiger partial charge on any atom is 0.255 e.